The second kappa shape index (κ2) is 9.20. The van der Waals surface area contributed by atoms with Crippen LogP contribution >= 0.6 is 12.4 Å². The van der Waals surface area contributed by atoms with Crippen molar-refractivity contribution in [2.75, 3.05) is 18.4 Å². The molecule has 1 saturated heterocycles. The second-order valence-electron chi connectivity index (χ2n) is 7.01. The Labute approximate surface area is 155 Å². The van der Waals surface area contributed by atoms with E-state index in [0.717, 1.165) is 45.2 Å². The standard InChI is InChI=1S/C19H27N3O2.ClH/c20-16-9-6-7-14(16)13-18(23)21-17-10-3-2-8-15(17)19(24)22-11-4-1-5-12-22;/h2-3,8,10,14,16H,1,4-7,9,11-13,20H2,(H,21,23);1H/t14-,16+;/m0./s1. The number of carbonyl (C=O) groups excluding carboxylic acids is 2. The summed E-state index contributed by atoms with van der Waals surface area (Å²) < 4.78 is 0. The molecule has 138 valence electrons. The van der Waals surface area contributed by atoms with E-state index in [1.807, 2.05) is 23.1 Å². The number of benzene rings is 1. The Morgan fingerprint density at radius 3 is 2.48 bits per heavy atom. The van der Waals surface area contributed by atoms with Gasteiger partial charge in [0.2, 0.25) is 5.91 Å². The number of rotatable bonds is 4. The maximum Gasteiger partial charge on any atom is 0.255 e. The fourth-order valence-corrected chi connectivity index (χ4v) is 3.80. The minimum Gasteiger partial charge on any atom is -0.339 e. The van der Waals surface area contributed by atoms with Crippen LogP contribution in [0.2, 0.25) is 0 Å². The van der Waals surface area contributed by atoms with Crippen molar-refractivity contribution in [3.63, 3.8) is 0 Å². The largest absolute Gasteiger partial charge is 0.339 e. The van der Waals surface area contributed by atoms with E-state index in [9.17, 15) is 9.59 Å². The van der Waals surface area contributed by atoms with E-state index in [4.69, 9.17) is 5.73 Å². The first-order chi connectivity index (χ1) is 11.6. The highest BCUT2D eigenvalue weighted by molar-refractivity contribution is 6.03. The SMILES string of the molecule is Cl.N[C@@H]1CCC[C@H]1CC(=O)Nc1ccccc1C(=O)N1CCCCC1. The summed E-state index contributed by atoms with van der Waals surface area (Å²) in [6, 6.07) is 7.43. The highest BCUT2D eigenvalue weighted by atomic mass is 35.5. The van der Waals surface area contributed by atoms with Gasteiger partial charge in [-0.25, -0.2) is 0 Å². The van der Waals surface area contributed by atoms with Crippen LogP contribution in [-0.2, 0) is 4.79 Å². The first-order valence-electron chi connectivity index (χ1n) is 9.09. The lowest BCUT2D eigenvalue weighted by molar-refractivity contribution is -0.117. The Balaban J connectivity index is 0.00000225. The number of halogens is 1. The number of hydrogen-bond donors (Lipinski definition) is 2. The van der Waals surface area contributed by atoms with Gasteiger partial charge in [-0.05, 0) is 50.2 Å². The van der Waals surface area contributed by atoms with Crippen molar-refractivity contribution in [3.8, 4) is 0 Å². The molecule has 2 amide bonds. The average Bonchev–Trinajstić information content (AvgIpc) is 3.00. The summed E-state index contributed by atoms with van der Waals surface area (Å²) in [6.07, 6.45) is 6.85. The fourth-order valence-electron chi connectivity index (χ4n) is 3.80. The minimum atomic E-state index is -0.0451. The van der Waals surface area contributed by atoms with E-state index in [1.165, 1.54) is 6.42 Å². The molecule has 0 spiro atoms. The minimum absolute atomic E-state index is 0. The van der Waals surface area contributed by atoms with E-state index < -0.39 is 0 Å². The summed E-state index contributed by atoms with van der Waals surface area (Å²) in [5.41, 5.74) is 7.26. The topological polar surface area (TPSA) is 75.4 Å². The van der Waals surface area contributed by atoms with Crippen molar-refractivity contribution in [1.29, 1.82) is 0 Å². The number of hydrogen-bond acceptors (Lipinski definition) is 3. The van der Waals surface area contributed by atoms with Gasteiger partial charge in [-0.3, -0.25) is 9.59 Å². The monoisotopic (exact) mass is 365 g/mol. The van der Waals surface area contributed by atoms with Gasteiger partial charge in [0.05, 0.1) is 11.3 Å². The molecular weight excluding hydrogens is 338 g/mol. The number of nitrogens with two attached hydrogens (primary N) is 1. The zero-order valence-electron chi connectivity index (χ0n) is 14.6. The van der Waals surface area contributed by atoms with Crippen LogP contribution in [0.3, 0.4) is 0 Å². The summed E-state index contributed by atoms with van der Waals surface area (Å²) in [7, 11) is 0. The number of nitrogens with one attached hydrogen (secondary N) is 1. The van der Waals surface area contributed by atoms with Crippen LogP contribution in [0.15, 0.2) is 24.3 Å². The molecule has 3 N–H and O–H groups in total. The zero-order valence-corrected chi connectivity index (χ0v) is 15.4. The molecule has 2 aliphatic rings. The molecule has 0 unspecified atom stereocenters. The number of carbonyl (C=O) groups is 2. The smallest absolute Gasteiger partial charge is 0.255 e. The highest BCUT2D eigenvalue weighted by Crippen LogP contribution is 2.27. The van der Waals surface area contributed by atoms with Crippen LogP contribution in [0.1, 0.15) is 55.3 Å². The molecule has 1 heterocycles. The molecular formula is C19H28ClN3O2. The van der Waals surface area contributed by atoms with Gasteiger partial charge < -0.3 is 16.0 Å². The molecule has 5 nitrogen and oxygen atoms in total. The number of piperidine rings is 1. The molecule has 1 saturated carbocycles. The highest BCUT2D eigenvalue weighted by Gasteiger charge is 2.27. The molecule has 3 rings (SSSR count). The van der Waals surface area contributed by atoms with Crippen LogP contribution < -0.4 is 11.1 Å². The van der Waals surface area contributed by atoms with E-state index >= 15 is 0 Å². The van der Waals surface area contributed by atoms with Crippen molar-refractivity contribution in [1.82, 2.24) is 4.90 Å². The number of amides is 2. The summed E-state index contributed by atoms with van der Waals surface area (Å²) in [5.74, 6) is 0.231. The molecule has 0 radical (unpaired) electrons. The Morgan fingerprint density at radius 2 is 1.80 bits per heavy atom. The van der Waals surface area contributed by atoms with Gasteiger partial charge in [0, 0.05) is 25.6 Å². The van der Waals surface area contributed by atoms with Crippen LogP contribution in [0, 0.1) is 5.92 Å². The van der Waals surface area contributed by atoms with Crippen LogP contribution in [0.5, 0.6) is 0 Å². The van der Waals surface area contributed by atoms with Crippen LogP contribution in [0.25, 0.3) is 0 Å². The Morgan fingerprint density at radius 1 is 1.08 bits per heavy atom. The number of nitrogens with zero attached hydrogens (tertiary/aromatic N) is 1. The average molecular weight is 366 g/mol. The number of anilines is 1. The molecule has 1 aromatic rings. The third kappa shape index (κ3) is 4.95. The maximum atomic E-state index is 12.8. The first kappa shape index (κ1) is 19.7. The van der Waals surface area contributed by atoms with Crippen molar-refractivity contribution in [2.24, 2.45) is 11.7 Å². The van der Waals surface area contributed by atoms with Crippen molar-refractivity contribution >= 4 is 29.9 Å². The Bertz CT molecular complexity index is 602. The van der Waals surface area contributed by atoms with Gasteiger partial charge in [0.15, 0.2) is 0 Å². The van der Waals surface area contributed by atoms with Gasteiger partial charge in [-0.2, -0.15) is 0 Å². The quantitative estimate of drug-likeness (QED) is 0.860. The van der Waals surface area contributed by atoms with Crippen LogP contribution in [0.4, 0.5) is 5.69 Å². The first-order valence-corrected chi connectivity index (χ1v) is 9.09. The fraction of sp³-hybridized carbons (Fsp3) is 0.579. The molecule has 1 aliphatic heterocycles. The van der Waals surface area contributed by atoms with Crippen LogP contribution in [-0.4, -0.2) is 35.8 Å². The molecule has 25 heavy (non-hydrogen) atoms. The third-order valence-corrected chi connectivity index (χ3v) is 5.24. The lowest BCUT2D eigenvalue weighted by atomic mass is 9.99. The Kier molecular flexibility index (Phi) is 7.26. The van der Waals surface area contributed by atoms with E-state index in [-0.39, 0.29) is 36.2 Å². The van der Waals surface area contributed by atoms with Gasteiger partial charge in [0.25, 0.3) is 5.91 Å². The number of likely N-dealkylation sites (tertiary alicyclic amines) is 1. The summed E-state index contributed by atoms with van der Waals surface area (Å²) in [4.78, 5) is 27.0. The predicted octanol–water partition coefficient (Wildman–Crippen LogP) is 3.19. The maximum absolute atomic E-state index is 12.8. The lowest BCUT2D eigenvalue weighted by Crippen LogP contribution is -2.36. The number of para-hydroxylation sites is 1. The summed E-state index contributed by atoms with van der Waals surface area (Å²) in [5, 5.41) is 2.94. The summed E-state index contributed by atoms with van der Waals surface area (Å²) in [6.45, 7) is 1.61. The van der Waals surface area contributed by atoms with Crippen molar-refractivity contribution < 1.29 is 9.59 Å². The van der Waals surface area contributed by atoms with Crippen molar-refractivity contribution in [2.45, 2.75) is 51.0 Å². The van der Waals surface area contributed by atoms with Gasteiger partial charge >= 0.3 is 0 Å². The summed E-state index contributed by atoms with van der Waals surface area (Å²) >= 11 is 0. The zero-order chi connectivity index (χ0) is 16.9. The predicted molar refractivity (Wildman–Crippen MR) is 102 cm³/mol. The normalized spacial score (nSPS) is 23.0. The van der Waals surface area contributed by atoms with Crippen molar-refractivity contribution in [3.05, 3.63) is 29.8 Å². The molecule has 6 heteroatoms. The second-order valence-corrected chi connectivity index (χ2v) is 7.01. The van der Waals surface area contributed by atoms with Gasteiger partial charge in [0.1, 0.15) is 0 Å². The van der Waals surface area contributed by atoms with E-state index in [2.05, 4.69) is 5.32 Å². The third-order valence-electron chi connectivity index (χ3n) is 5.24. The van der Waals surface area contributed by atoms with Gasteiger partial charge in [-0.1, -0.05) is 18.6 Å². The van der Waals surface area contributed by atoms with Gasteiger partial charge in [-0.15, -0.1) is 12.4 Å². The molecule has 1 aromatic carbocycles. The molecule has 1 aliphatic carbocycles. The molecule has 0 bridgehead atoms. The molecule has 2 atom stereocenters. The lowest BCUT2D eigenvalue weighted by Gasteiger charge is -2.27. The molecule has 0 aromatic heterocycles. The van der Waals surface area contributed by atoms with E-state index in [1.54, 1.807) is 6.07 Å². The van der Waals surface area contributed by atoms with E-state index in [0.29, 0.717) is 17.7 Å². The Hall–Kier alpha value is -1.59. The molecule has 2 fully saturated rings.